The third-order valence-electron chi connectivity index (χ3n) is 5.52. The molecule has 0 radical (unpaired) electrons. The molecule has 1 N–H and O–H groups in total. The zero-order chi connectivity index (χ0) is 22.4. The molecule has 1 heterocycles. The molecule has 0 atom stereocenters. The zero-order valence-corrected chi connectivity index (χ0v) is 18.0. The minimum absolute atomic E-state index is 0.0142. The molecule has 2 amide bonds. The molecule has 8 heteroatoms. The second-order valence-corrected chi connectivity index (χ2v) is 7.69. The van der Waals surface area contributed by atoms with Crippen LogP contribution >= 0.6 is 0 Å². The molecule has 0 bridgehead atoms. The van der Waals surface area contributed by atoms with Crippen LogP contribution in [0.15, 0.2) is 42.5 Å². The Morgan fingerprint density at radius 2 is 1.87 bits per heavy atom. The SMILES string of the molecule is CCN(Cc1cccc(NC(=O)c2cc([N+](=O)[O-])ccc2N2CCCCC2)c1)C(C)=O. The predicted octanol–water partition coefficient (Wildman–Crippen LogP) is 4.21. The van der Waals surface area contributed by atoms with Crippen molar-refractivity contribution in [2.45, 2.75) is 39.7 Å². The van der Waals surface area contributed by atoms with Gasteiger partial charge in [0.1, 0.15) is 0 Å². The van der Waals surface area contributed by atoms with Gasteiger partial charge in [-0.3, -0.25) is 19.7 Å². The van der Waals surface area contributed by atoms with Crippen molar-refractivity contribution in [3.63, 3.8) is 0 Å². The van der Waals surface area contributed by atoms with Crippen LogP contribution in [0, 0.1) is 10.1 Å². The van der Waals surface area contributed by atoms with Gasteiger partial charge >= 0.3 is 0 Å². The number of amides is 2. The Hall–Kier alpha value is -3.42. The van der Waals surface area contributed by atoms with Gasteiger partial charge in [-0.05, 0) is 49.9 Å². The van der Waals surface area contributed by atoms with Gasteiger partial charge in [0.25, 0.3) is 11.6 Å². The molecule has 1 aliphatic heterocycles. The van der Waals surface area contributed by atoms with Gasteiger partial charge in [-0.1, -0.05) is 12.1 Å². The molecule has 0 unspecified atom stereocenters. The number of nitrogens with zero attached hydrogens (tertiary/aromatic N) is 3. The molecule has 8 nitrogen and oxygen atoms in total. The fourth-order valence-corrected chi connectivity index (χ4v) is 3.84. The third-order valence-corrected chi connectivity index (χ3v) is 5.52. The van der Waals surface area contributed by atoms with Crippen LogP contribution in [0.1, 0.15) is 49.0 Å². The topological polar surface area (TPSA) is 95.8 Å². The maximum absolute atomic E-state index is 13.1. The molecule has 1 saturated heterocycles. The lowest BCUT2D eigenvalue weighted by Gasteiger charge is -2.30. The van der Waals surface area contributed by atoms with E-state index in [1.54, 1.807) is 17.0 Å². The summed E-state index contributed by atoms with van der Waals surface area (Å²) in [5, 5.41) is 14.2. The molecule has 31 heavy (non-hydrogen) atoms. The molecule has 1 aliphatic rings. The molecular weight excluding hydrogens is 396 g/mol. The normalized spacial score (nSPS) is 13.5. The Bertz CT molecular complexity index is 970. The first kappa shape index (κ1) is 22.3. The molecule has 0 aliphatic carbocycles. The van der Waals surface area contributed by atoms with Crippen LogP contribution in [0.5, 0.6) is 0 Å². The molecule has 2 aromatic carbocycles. The Kier molecular flexibility index (Phi) is 7.23. The van der Waals surface area contributed by atoms with Crippen LogP contribution in [0.3, 0.4) is 0 Å². The largest absolute Gasteiger partial charge is 0.371 e. The van der Waals surface area contributed by atoms with Crippen LogP contribution in [0.25, 0.3) is 0 Å². The van der Waals surface area contributed by atoms with Crippen molar-refractivity contribution in [2.24, 2.45) is 0 Å². The molecule has 0 aromatic heterocycles. The minimum Gasteiger partial charge on any atom is -0.371 e. The van der Waals surface area contributed by atoms with Gasteiger partial charge in [0.15, 0.2) is 0 Å². The summed E-state index contributed by atoms with van der Waals surface area (Å²) in [6.07, 6.45) is 3.21. The fraction of sp³-hybridized carbons (Fsp3) is 0.391. The average Bonchev–Trinajstić information content (AvgIpc) is 2.77. The lowest BCUT2D eigenvalue weighted by Crippen LogP contribution is -2.31. The number of benzene rings is 2. The van der Waals surface area contributed by atoms with Crippen molar-refractivity contribution in [2.75, 3.05) is 29.9 Å². The number of hydrogen-bond acceptors (Lipinski definition) is 5. The smallest absolute Gasteiger partial charge is 0.270 e. The highest BCUT2D eigenvalue weighted by molar-refractivity contribution is 6.08. The van der Waals surface area contributed by atoms with Crippen LogP contribution in [-0.2, 0) is 11.3 Å². The second-order valence-electron chi connectivity index (χ2n) is 7.69. The van der Waals surface area contributed by atoms with E-state index in [4.69, 9.17) is 0 Å². The van der Waals surface area contributed by atoms with E-state index >= 15 is 0 Å². The summed E-state index contributed by atoms with van der Waals surface area (Å²) in [5.74, 6) is -0.403. The number of anilines is 2. The quantitative estimate of drug-likeness (QED) is 0.531. The molecule has 1 fully saturated rings. The first-order valence-electron chi connectivity index (χ1n) is 10.6. The van der Waals surface area contributed by atoms with Crippen molar-refractivity contribution in [1.82, 2.24) is 4.90 Å². The number of non-ortho nitro benzene ring substituents is 1. The monoisotopic (exact) mass is 424 g/mol. The van der Waals surface area contributed by atoms with Gasteiger partial charge in [-0.25, -0.2) is 0 Å². The number of nitro benzene ring substituents is 1. The number of hydrogen-bond donors (Lipinski definition) is 1. The van der Waals surface area contributed by atoms with Gasteiger partial charge in [0.05, 0.1) is 16.2 Å². The van der Waals surface area contributed by atoms with E-state index in [-0.39, 0.29) is 17.5 Å². The molecule has 3 rings (SSSR count). The van der Waals surface area contributed by atoms with E-state index < -0.39 is 4.92 Å². The van der Waals surface area contributed by atoms with Crippen LogP contribution in [0.2, 0.25) is 0 Å². The van der Waals surface area contributed by atoms with E-state index in [0.717, 1.165) is 37.9 Å². The van der Waals surface area contributed by atoms with Crippen molar-refractivity contribution in [3.05, 3.63) is 63.7 Å². The van der Waals surface area contributed by atoms with Crippen LogP contribution < -0.4 is 10.2 Å². The Balaban J connectivity index is 1.85. The van der Waals surface area contributed by atoms with Crippen molar-refractivity contribution < 1.29 is 14.5 Å². The zero-order valence-electron chi connectivity index (χ0n) is 18.0. The highest BCUT2D eigenvalue weighted by atomic mass is 16.6. The predicted molar refractivity (Wildman–Crippen MR) is 120 cm³/mol. The highest BCUT2D eigenvalue weighted by Gasteiger charge is 2.22. The van der Waals surface area contributed by atoms with Gasteiger partial charge < -0.3 is 15.1 Å². The lowest BCUT2D eigenvalue weighted by atomic mass is 10.1. The molecule has 164 valence electrons. The molecule has 0 spiro atoms. The number of nitro groups is 1. The maximum Gasteiger partial charge on any atom is 0.270 e. The summed E-state index contributed by atoms with van der Waals surface area (Å²) < 4.78 is 0. The lowest BCUT2D eigenvalue weighted by molar-refractivity contribution is -0.384. The summed E-state index contributed by atoms with van der Waals surface area (Å²) in [6, 6.07) is 11.8. The number of nitrogens with one attached hydrogen (secondary N) is 1. The van der Waals surface area contributed by atoms with Crippen molar-refractivity contribution in [3.8, 4) is 0 Å². The first-order chi connectivity index (χ1) is 14.9. The van der Waals surface area contributed by atoms with Gasteiger partial charge in [-0.15, -0.1) is 0 Å². The molecule has 2 aromatic rings. The fourth-order valence-electron chi connectivity index (χ4n) is 3.84. The summed E-state index contributed by atoms with van der Waals surface area (Å²) in [6.45, 7) is 6.14. The molecule has 0 saturated carbocycles. The van der Waals surface area contributed by atoms with Gasteiger partial charge in [0.2, 0.25) is 5.91 Å². The summed E-state index contributed by atoms with van der Waals surface area (Å²) >= 11 is 0. The average molecular weight is 425 g/mol. The van der Waals surface area contributed by atoms with Crippen LogP contribution in [-0.4, -0.2) is 41.3 Å². The summed E-state index contributed by atoms with van der Waals surface area (Å²) in [4.78, 5) is 39.4. The number of rotatable bonds is 7. The van der Waals surface area contributed by atoms with Crippen molar-refractivity contribution >= 4 is 28.9 Å². The maximum atomic E-state index is 13.1. The van der Waals surface area contributed by atoms with Gasteiger partial charge in [0, 0.05) is 50.9 Å². The number of carbonyl (C=O) groups excluding carboxylic acids is 2. The van der Waals surface area contributed by atoms with Crippen LogP contribution in [0.4, 0.5) is 17.1 Å². The summed E-state index contributed by atoms with van der Waals surface area (Å²) in [7, 11) is 0. The van der Waals surface area contributed by atoms with Gasteiger partial charge in [-0.2, -0.15) is 0 Å². The minimum atomic E-state index is -0.488. The van der Waals surface area contributed by atoms with E-state index in [1.807, 2.05) is 25.1 Å². The van der Waals surface area contributed by atoms with E-state index in [0.29, 0.717) is 30.0 Å². The van der Waals surface area contributed by atoms with Crippen molar-refractivity contribution in [1.29, 1.82) is 0 Å². The van der Waals surface area contributed by atoms with E-state index in [1.165, 1.54) is 19.1 Å². The Morgan fingerprint density at radius 3 is 2.52 bits per heavy atom. The van der Waals surface area contributed by atoms with E-state index in [2.05, 4.69) is 10.2 Å². The Morgan fingerprint density at radius 1 is 1.13 bits per heavy atom. The van der Waals surface area contributed by atoms with E-state index in [9.17, 15) is 19.7 Å². The number of carbonyl (C=O) groups is 2. The Labute approximate surface area is 182 Å². The number of piperidine rings is 1. The molecular formula is C23H28N4O4. The highest BCUT2D eigenvalue weighted by Crippen LogP contribution is 2.29. The standard InChI is InChI=1S/C23H28N4O4/c1-3-25(17(2)28)16-18-8-7-9-19(14-18)24-23(29)21-15-20(27(30)31)10-11-22(21)26-12-5-4-6-13-26/h7-11,14-15H,3-6,12-13,16H2,1-2H3,(H,24,29). The first-order valence-corrected chi connectivity index (χ1v) is 10.6. The summed E-state index contributed by atoms with van der Waals surface area (Å²) in [5.41, 5.74) is 2.37. The second kappa shape index (κ2) is 10.1. The third kappa shape index (κ3) is 5.59.